The Morgan fingerprint density at radius 3 is 2.27 bits per heavy atom. The van der Waals surface area contributed by atoms with Crippen LogP contribution in [0.2, 0.25) is 0 Å². The van der Waals surface area contributed by atoms with Crippen LogP contribution in [0.4, 0.5) is 0 Å². The van der Waals surface area contributed by atoms with E-state index in [0.717, 1.165) is 6.54 Å². The van der Waals surface area contributed by atoms with Crippen molar-refractivity contribution in [2.24, 2.45) is 23.0 Å². The van der Waals surface area contributed by atoms with Crippen molar-refractivity contribution in [1.29, 1.82) is 0 Å². The molecule has 0 heterocycles. The Hall–Kier alpha value is -0.570. The minimum absolute atomic E-state index is 0.115. The van der Waals surface area contributed by atoms with Crippen LogP contribution in [0.15, 0.2) is 0 Å². The number of rotatable bonds is 5. The number of hydrogen-bond donors (Lipinski definition) is 2. The number of hydrogen-bond acceptors (Lipinski definition) is 2. The summed E-state index contributed by atoms with van der Waals surface area (Å²) in [5.41, 5.74) is 5.71. The summed E-state index contributed by atoms with van der Waals surface area (Å²) in [4.78, 5) is 11.5. The summed E-state index contributed by atoms with van der Waals surface area (Å²) < 4.78 is 0. The van der Waals surface area contributed by atoms with Crippen LogP contribution in [0.25, 0.3) is 0 Å². The molecule has 0 aromatic carbocycles. The molecule has 0 aliphatic carbocycles. The van der Waals surface area contributed by atoms with Gasteiger partial charge in [0.05, 0.1) is 0 Å². The van der Waals surface area contributed by atoms with Gasteiger partial charge in [0.25, 0.3) is 0 Å². The maximum absolute atomic E-state index is 11.5. The molecule has 0 aromatic heterocycles. The molecule has 3 heteroatoms. The van der Waals surface area contributed by atoms with E-state index in [9.17, 15) is 4.79 Å². The maximum Gasteiger partial charge on any atom is 0.220 e. The Morgan fingerprint density at radius 2 is 1.87 bits per heavy atom. The largest absolute Gasteiger partial charge is 0.356 e. The fourth-order valence-corrected chi connectivity index (χ4v) is 1.05. The molecule has 15 heavy (non-hydrogen) atoms. The molecular formula is C12H26N2O. The van der Waals surface area contributed by atoms with Crippen LogP contribution in [0.5, 0.6) is 0 Å². The number of amides is 1. The molecule has 0 bridgehead atoms. The number of nitrogens with two attached hydrogens (primary N) is 1. The third-order valence-electron chi connectivity index (χ3n) is 3.02. The van der Waals surface area contributed by atoms with Crippen LogP contribution < -0.4 is 11.1 Å². The highest BCUT2D eigenvalue weighted by atomic mass is 16.1. The molecule has 0 aliphatic rings. The van der Waals surface area contributed by atoms with Gasteiger partial charge >= 0.3 is 0 Å². The van der Waals surface area contributed by atoms with Crippen molar-refractivity contribution >= 4 is 5.91 Å². The third kappa shape index (κ3) is 6.50. The molecule has 0 saturated carbocycles. The molecule has 0 spiro atoms. The molecule has 0 aliphatic heterocycles. The molecular weight excluding hydrogens is 188 g/mol. The number of carbonyl (C=O) groups excluding carboxylic acids is 1. The van der Waals surface area contributed by atoms with E-state index in [-0.39, 0.29) is 17.2 Å². The van der Waals surface area contributed by atoms with Crippen molar-refractivity contribution in [3.63, 3.8) is 0 Å². The molecule has 2 unspecified atom stereocenters. The molecule has 1 amide bonds. The first-order valence-corrected chi connectivity index (χ1v) is 5.74. The van der Waals surface area contributed by atoms with Crippen molar-refractivity contribution in [1.82, 2.24) is 5.32 Å². The molecule has 90 valence electrons. The molecule has 0 fully saturated rings. The van der Waals surface area contributed by atoms with Crippen molar-refractivity contribution in [2.45, 2.75) is 41.0 Å². The van der Waals surface area contributed by atoms with Gasteiger partial charge in [-0.15, -0.1) is 0 Å². The SMILES string of the molecule is CC(CN)CC(=O)NCC(C)C(C)(C)C. The van der Waals surface area contributed by atoms with Crippen molar-refractivity contribution in [2.75, 3.05) is 13.1 Å². The molecule has 3 nitrogen and oxygen atoms in total. The van der Waals surface area contributed by atoms with E-state index in [2.05, 4.69) is 33.0 Å². The Labute approximate surface area is 93.8 Å². The zero-order valence-corrected chi connectivity index (χ0v) is 10.8. The summed E-state index contributed by atoms with van der Waals surface area (Å²) in [6.07, 6.45) is 0.535. The van der Waals surface area contributed by atoms with E-state index < -0.39 is 0 Å². The molecule has 0 aromatic rings. The van der Waals surface area contributed by atoms with Gasteiger partial charge < -0.3 is 11.1 Å². The Kier molecular flexibility index (Phi) is 5.88. The summed E-state index contributed by atoms with van der Waals surface area (Å²) in [6, 6.07) is 0. The van der Waals surface area contributed by atoms with Gasteiger partial charge in [-0.2, -0.15) is 0 Å². The Morgan fingerprint density at radius 1 is 1.33 bits per heavy atom. The van der Waals surface area contributed by atoms with Crippen molar-refractivity contribution in [3.8, 4) is 0 Å². The maximum atomic E-state index is 11.5. The highest BCUT2D eigenvalue weighted by Crippen LogP contribution is 2.24. The van der Waals surface area contributed by atoms with Gasteiger partial charge in [0.1, 0.15) is 0 Å². The second-order valence-electron chi connectivity index (χ2n) is 5.62. The van der Waals surface area contributed by atoms with Gasteiger partial charge in [-0.25, -0.2) is 0 Å². The van der Waals surface area contributed by atoms with E-state index in [1.165, 1.54) is 0 Å². The molecule has 2 atom stereocenters. The van der Waals surface area contributed by atoms with Gasteiger partial charge in [0, 0.05) is 13.0 Å². The first-order valence-electron chi connectivity index (χ1n) is 5.74. The summed E-state index contributed by atoms with van der Waals surface area (Å²) in [5.74, 6) is 0.869. The van der Waals surface area contributed by atoms with Gasteiger partial charge in [0.15, 0.2) is 0 Å². The van der Waals surface area contributed by atoms with Crippen LogP contribution in [0, 0.1) is 17.3 Å². The lowest BCUT2D eigenvalue weighted by molar-refractivity contribution is -0.122. The lowest BCUT2D eigenvalue weighted by Gasteiger charge is -2.27. The average Bonchev–Trinajstić information content (AvgIpc) is 2.12. The van der Waals surface area contributed by atoms with Gasteiger partial charge in [-0.3, -0.25) is 4.79 Å². The Balaban J connectivity index is 3.81. The minimum atomic E-state index is 0.115. The second-order valence-corrected chi connectivity index (χ2v) is 5.62. The van der Waals surface area contributed by atoms with Crippen LogP contribution in [0.3, 0.4) is 0 Å². The summed E-state index contributed by atoms with van der Waals surface area (Å²) >= 11 is 0. The minimum Gasteiger partial charge on any atom is -0.356 e. The smallest absolute Gasteiger partial charge is 0.220 e. The van der Waals surface area contributed by atoms with Gasteiger partial charge in [0.2, 0.25) is 5.91 Å². The van der Waals surface area contributed by atoms with E-state index in [0.29, 0.717) is 18.9 Å². The topological polar surface area (TPSA) is 55.1 Å². The predicted octanol–water partition coefficient (Wildman–Crippen LogP) is 1.77. The second kappa shape index (κ2) is 6.11. The van der Waals surface area contributed by atoms with Crippen LogP contribution >= 0.6 is 0 Å². The third-order valence-corrected chi connectivity index (χ3v) is 3.02. The van der Waals surface area contributed by atoms with Crippen LogP contribution in [0.1, 0.15) is 41.0 Å². The van der Waals surface area contributed by atoms with E-state index in [4.69, 9.17) is 5.73 Å². The molecule has 0 radical (unpaired) electrons. The zero-order valence-electron chi connectivity index (χ0n) is 10.8. The Bertz CT molecular complexity index is 196. The van der Waals surface area contributed by atoms with E-state index in [1.54, 1.807) is 0 Å². The van der Waals surface area contributed by atoms with Crippen molar-refractivity contribution < 1.29 is 4.79 Å². The fourth-order valence-electron chi connectivity index (χ4n) is 1.05. The summed E-state index contributed by atoms with van der Waals surface area (Å²) in [7, 11) is 0. The van der Waals surface area contributed by atoms with Gasteiger partial charge in [-0.05, 0) is 23.8 Å². The first-order chi connectivity index (χ1) is 6.77. The zero-order chi connectivity index (χ0) is 12.1. The first kappa shape index (κ1) is 14.4. The average molecular weight is 214 g/mol. The highest BCUT2D eigenvalue weighted by Gasteiger charge is 2.20. The van der Waals surface area contributed by atoms with E-state index >= 15 is 0 Å². The van der Waals surface area contributed by atoms with Crippen molar-refractivity contribution in [3.05, 3.63) is 0 Å². The highest BCUT2D eigenvalue weighted by molar-refractivity contribution is 5.76. The number of carbonyl (C=O) groups is 1. The fraction of sp³-hybridized carbons (Fsp3) is 0.917. The molecule has 0 saturated heterocycles. The predicted molar refractivity (Wildman–Crippen MR) is 64.5 cm³/mol. The van der Waals surface area contributed by atoms with Crippen LogP contribution in [-0.2, 0) is 4.79 Å². The molecule has 3 N–H and O–H groups in total. The normalized spacial score (nSPS) is 15.9. The lowest BCUT2D eigenvalue weighted by atomic mass is 9.82. The van der Waals surface area contributed by atoms with Crippen LogP contribution in [-0.4, -0.2) is 19.0 Å². The van der Waals surface area contributed by atoms with E-state index in [1.807, 2.05) is 6.92 Å². The molecule has 0 rings (SSSR count). The standard InChI is InChI=1S/C12H26N2O/c1-9(7-13)6-11(15)14-8-10(2)12(3,4)5/h9-10H,6-8,13H2,1-5H3,(H,14,15). The summed E-state index contributed by atoms with van der Waals surface area (Å²) in [6.45, 7) is 12.0. The van der Waals surface area contributed by atoms with Gasteiger partial charge in [-0.1, -0.05) is 34.6 Å². The monoisotopic (exact) mass is 214 g/mol. The number of nitrogens with one attached hydrogen (secondary N) is 1. The quantitative estimate of drug-likeness (QED) is 0.733. The lowest BCUT2D eigenvalue weighted by Crippen LogP contribution is -2.34. The summed E-state index contributed by atoms with van der Waals surface area (Å²) in [5, 5.41) is 2.96.